The summed E-state index contributed by atoms with van der Waals surface area (Å²) in [5, 5.41) is 9.02. The molecule has 2 N–H and O–H groups in total. The number of nitriles is 1. The number of nitrogens with zero attached hydrogens (tertiary/aromatic N) is 4. The second kappa shape index (κ2) is 12.8. The molecule has 4 rings (SSSR count). The van der Waals surface area contributed by atoms with Crippen molar-refractivity contribution in [1.29, 1.82) is 5.26 Å². The zero-order chi connectivity index (χ0) is 26.1. The van der Waals surface area contributed by atoms with Crippen LogP contribution in [-0.4, -0.2) is 54.7 Å². The van der Waals surface area contributed by atoms with Crippen LogP contribution in [0, 0.1) is 11.3 Å². The molecule has 1 aliphatic carbocycles. The maximum absolute atomic E-state index is 12.3. The van der Waals surface area contributed by atoms with Crippen LogP contribution < -0.4 is 10.6 Å². The largest absolute Gasteiger partial charge is 0.417 e. The number of hydrogen-bond acceptors (Lipinski definition) is 6. The Morgan fingerprint density at radius 1 is 1.14 bits per heavy atom. The summed E-state index contributed by atoms with van der Waals surface area (Å²) < 4.78 is 42.4. The lowest BCUT2D eigenvalue weighted by Crippen LogP contribution is -2.50. The SMILES string of the molecule is N#Cc1ccc(N)cc1C(F)(F)F.O=C(COC1CCCCC1)N1CCN(c2ccc(Cl)cn2)CC1. The van der Waals surface area contributed by atoms with Gasteiger partial charge in [0.15, 0.2) is 0 Å². The molecule has 0 radical (unpaired) electrons. The summed E-state index contributed by atoms with van der Waals surface area (Å²) in [5.41, 5.74) is 3.76. The van der Waals surface area contributed by atoms with Crippen LogP contribution in [0.2, 0.25) is 5.02 Å². The molecule has 0 bridgehead atoms. The molecule has 0 spiro atoms. The van der Waals surface area contributed by atoms with Gasteiger partial charge in [-0.05, 0) is 43.2 Å². The summed E-state index contributed by atoms with van der Waals surface area (Å²) in [4.78, 5) is 20.7. The van der Waals surface area contributed by atoms with Crippen molar-refractivity contribution in [3.63, 3.8) is 0 Å². The Hall–Kier alpha value is -3.03. The average molecular weight is 524 g/mol. The number of pyridine rings is 1. The summed E-state index contributed by atoms with van der Waals surface area (Å²) in [7, 11) is 0. The number of alkyl halides is 3. The first-order valence-electron chi connectivity index (χ1n) is 11.8. The molecule has 7 nitrogen and oxygen atoms in total. The highest BCUT2D eigenvalue weighted by molar-refractivity contribution is 6.30. The first kappa shape index (κ1) is 27.6. The number of rotatable bonds is 4. The average Bonchev–Trinajstić information content (AvgIpc) is 2.88. The molecule has 0 unspecified atom stereocenters. The summed E-state index contributed by atoms with van der Waals surface area (Å²) in [6.45, 7) is 3.26. The Labute approximate surface area is 213 Å². The van der Waals surface area contributed by atoms with Crippen molar-refractivity contribution in [3.8, 4) is 6.07 Å². The molecule has 36 heavy (non-hydrogen) atoms. The van der Waals surface area contributed by atoms with E-state index < -0.39 is 17.3 Å². The third kappa shape index (κ3) is 8.00. The summed E-state index contributed by atoms with van der Waals surface area (Å²) >= 11 is 5.87. The number of anilines is 2. The minimum atomic E-state index is -4.53. The Balaban J connectivity index is 0.000000236. The van der Waals surface area contributed by atoms with Gasteiger partial charge in [-0.1, -0.05) is 30.9 Å². The van der Waals surface area contributed by atoms with Crippen LogP contribution in [0.3, 0.4) is 0 Å². The molecular weight excluding hydrogens is 495 g/mol. The van der Waals surface area contributed by atoms with Gasteiger partial charge in [-0.2, -0.15) is 18.4 Å². The molecule has 1 saturated heterocycles. The molecule has 2 heterocycles. The molecule has 1 aromatic heterocycles. The number of carbonyl (C=O) groups excluding carboxylic acids is 1. The third-order valence-corrected chi connectivity index (χ3v) is 6.36. The monoisotopic (exact) mass is 523 g/mol. The summed E-state index contributed by atoms with van der Waals surface area (Å²) in [6, 6.07) is 8.28. The number of benzene rings is 1. The molecule has 1 saturated carbocycles. The van der Waals surface area contributed by atoms with Gasteiger partial charge >= 0.3 is 6.18 Å². The zero-order valence-electron chi connectivity index (χ0n) is 19.8. The molecule has 1 amide bonds. The molecule has 2 aromatic rings. The fourth-order valence-electron chi connectivity index (χ4n) is 4.15. The van der Waals surface area contributed by atoms with E-state index in [1.54, 1.807) is 6.20 Å². The van der Waals surface area contributed by atoms with Crippen molar-refractivity contribution < 1.29 is 22.7 Å². The van der Waals surface area contributed by atoms with Gasteiger partial charge in [0.2, 0.25) is 5.91 Å². The van der Waals surface area contributed by atoms with Crippen molar-refractivity contribution in [3.05, 3.63) is 52.7 Å². The Kier molecular flexibility index (Phi) is 9.79. The second-order valence-corrected chi connectivity index (χ2v) is 9.12. The van der Waals surface area contributed by atoms with Crippen LogP contribution in [0.1, 0.15) is 43.2 Å². The maximum atomic E-state index is 12.3. The van der Waals surface area contributed by atoms with E-state index in [1.807, 2.05) is 17.0 Å². The van der Waals surface area contributed by atoms with Crippen molar-refractivity contribution in [2.24, 2.45) is 0 Å². The first-order valence-corrected chi connectivity index (χ1v) is 12.2. The molecule has 0 atom stereocenters. The van der Waals surface area contributed by atoms with Crippen LogP contribution in [0.15, 0.2) is 36.5 Å². The van der Waals surface area contributed by atoms with Crippen molar-refractivity contribution in [1.82, 2.24) is 9.88 Å². The predicted molar refractivity (Wildman–Crippen MR) is 131 cm³/mol. The van der Waals surface area contributed by atoms with Crippen LogP contribution in [0.5, 0.6) is 0 Å². The van der Waals surface area contributed by atoms with Crippen molar-refractivity contribution >= 4 is 29.0 Å². The molecule has 11 heteroatoms. The van der Waals surface area contributed by atoms with Gasteiger partial charge in [-0.15, -0.1) is 0 Å². The first-order chi connectivity index (χ1) is 17.2. The molecular formula is C25H29ClF3N5O2. The van der Waals surface area contributed by atoms with Gasteiger partial charge in [0.05, 0.1) is 28.3 Å². The fraction of sp³-hybridized carbons (Fsp3) is 0.480. The summed E-state index contributed by atoms with van der Waals surface area (Å²) in [5.74, 6) is 1.03. The fourth-order valence-corrected chi connectivity index (χ4v) is 4.26. The zero-order valence-corrected chi connectivity index (χ0v) is 20.6. The number of amides is 1. The standard InChI is InChI=1S/C17H24ClN3O2.C8H5F3N2/c18-14-6-7-16(19-12-14)20-8-10-21(11-9-20)17(22)13-23-15-4-2-1-3-5-15;9-8(10,11)7-3-6(13)2-1-5(7)4-12/h6-7,12,15H,1-5,8-11,13H2;1-3H,13H2. The van der Waals surface area contributed by atoms with Gasteiger partial charge < -0.3 is 20.3 Å². The van der Waals surface area contributed by atoms with E-state index in [1.165, 1.54) is 31.4 Å². The number of hydrogen-bond donors (Lipinski definition) is 1. The normalized spacial score (nSPS) is 16.6. The number of piperazine rings is 1. The van der Waals surface area contributed by atoms with Gasteiger partial charge in [0.25, 0.3) is 0 Å². The number of nitrogen functional groups attached to an aromatic ring is 1. The molecule has 194 valence electrons. The number of nitrogens with two attached hydrogens (primary N) is 1. The smallest absolute Gasteiger partial charge is 0.399 e. The number of halogens is 4. The van der Waals surface area contributed by atoms with Crippen LogP contribution >= 0.6 is 11.6 Å². The van der Waals surface area contributed by atoms with Crippen LogP contribution in [0.25, 0.3) is 0 Å². The van der Waals surface area contributed by atoms with Crippen molar-refractivity contribution in [2.75, 3.05) is 43.4 Å². The highest BCUT2D eigenvalue weighted by Crippen LogP contribution is 2.32. The van der Waals surface area contributed by atoms with E-state index in [9.17, 15) is 18.0 Å². The maximum Gasteiger partial charge on any atom is 0.417 e. The minimum absolute atomic E-state index is 0.00803. The van der Waals surface area contributed by atoms with Gasteiger partial charge in [-0.25, -0.2) is 4.98 Å². The van der Waals surface area contributed by atoms with E-state index >= 15 is 0 Å². The van der Waals surface area contributed by atoms with Gasteiger partial charge in [0, 0.05) is 38.1 Å². The Bertz CT molecular complexity index is 1050. The molecule has 1 aromatic carbocycles. The highest BCUT2D eigenvalue weighted by Gasteiger charge is 2.33. The Morgan fingerprint density at radius 2 is 1.83 bits per heavy atom. The predicted octanol–water partition coefficient (Wildman–Crippen LogP) is 4.89. The number of aromatic nitrogens is 1. The van der Waals surface area contributed by atoms with E-state index in [2.05, 4.69) is 9.88 Å². The third-order valence-electron chi connectivity index (χ3n) is 6.13. The molecule has 1 aliphatic heterocycles. The lowest BCUT2D eigenvalue weighted by atomic mass is 9.98. The van der Waals surface area contributed by atoms with Crippen LogP contribution in [0.4, 0.5) is 24.7 Å². The second-order valence-electron chi connectivity index (χ2n) is 8.69. The van der Waals surface area contributed by atoms with Gasteiger partial charge in [0.1, 0.15) is 12.4 Å². The van der Waals surface area contributed by atoms with E-state index in [0.717, 1.165) is 57.0 Å². The quantitative estimate of drug-likeness (QED) is 0.573. The molecule has 2 aliphatic rings. The topological polar surface area (TPSA) is 95.5 Å². The van der Waals surface area contributed by atoms with Gasteiger partial charge in [-0.3, -0.25) is 4.79 Å². The summed E-state index contributed by atoms with van der Waals surface area (Å²) in [6.07, 6.45) is 3.37. The van der Waals surface area contributed by atoms with Crippen molar-refractivity contribution in [2.45, 2.75) is 44.4 Å². The van der Waals surface area contributed by atoms with E-state index in [0.29, 0.717) is 5.02 Å². The highest BCUT2D eigenvalue weighted by atomic mass is 35.5. The van der Waals surface area contributed by atoms with E-state index in [-0.39, 0.29) is 24.3 Å². The number of carbonyl (C=O) groups is 1. The number of ether oxygens (including phenoxy) is 1. The van der Waals surface area contributed by atoms with E-state index in [4.69, 9.17) is 27.3 Å². The van der Waals surface area contributed by atoms with Crippen LogP contribution in [-0.2, 0) is 15.7 Å². The minimum Gasteiger partial charge on any atom is -0.399 e. The lowest BCUT2D eigenvalue weighted by molar-refractivity contribution is -0.139. The lowest BCUT2D eigenvalue weighted by Gasteiger charge is -2.35. The Morgan fingerprint density at radius 3 is 2.42 bits per heavy atom. The molecule has 2 fully saturated rings.